The summed E-state index contributed by atoms with van der Waals surface area (Å²) in [5.41, 5.74) is 2.18. The molecule has 2 aromatic rings. The molecule has 0 amide bonds. The summed E-state index contributed by atoms with van der Waals surface area (Å²) in [6, 6.07) is 4.99. The zero-order chi connectivity index (χ0) is 22.8. The van der Waals surface area contributed by atoms with Crippen LogP contribution in [0.5, 0.6) is 0 Å². The Morgan fingerprint density at radius 2 is 2.03 bits per heavy atom. The number of nitrogens with zero attached hydrogens (tertiary/aromatic N) is 4. The molecule has 1 aliphatic carbocycles. The Morgan fingerprint density at radius 3 is 2.79 bits per heavy atom. The van der Waals surface area contributed by atoms with Crippen LogP contribution >= 0.6 is 0 Å². The number of amidine groups is 1. The molecule has 0 spiro atoms. The fourth-order valence-corrected chi connectivity index (χ4v) is 4.80. The number of alkyl halides is 2. The number of hydrogen-bond donors (Lipinski definition) is 1. The van der Waals surface area contributed by atoms with Gasteiger partial charge in [-0.05, 0) is 37.5 Å². The average molecular weight is 450 g/mol. The standard InChI is InChI=1S/C26H29F2N5/c1-2-26(27,28)20-10-11-22-23(17-20)31-25(30-22)19-9-12-24(29-18-19)33-14-6-13-32(15-16-33)21-7-4-3-5-8-21/h2-5,7,10-11,17-18,21H,1,6,8-9,12-16H2,(H,30,31). The molecule has 1 aromatic heterocycles. The van der Waals surface area contributed by atoms with Gasteiger partial charge in [0.25, 0.3) is 5.92 Å². The average Bonchev–Trinajstić information content (AvgIpc) is 3.13. The maximum Gasteiger partial charge on any atom is 0.291 e. The maximum atomic E-state index is 14.0. The highest BCUT2D eigenvalue weighted by molar-refractivity contribution is 5.88. The lowest BCUT2D eigenvalue weighted by atomic mass is 10.1. The lowest BCUT2D eigenvalue weighted by Crippen LogP contribution is -2.39. The molecule has 1 aromatic carbocycles. The molecule has 1 fully saturated rings. The summed E-state index contributed by atoms with van der Waals surface area (Å²) in [4.78, 5) is 17.6. The summed E-state index contributed by atoms with van der Waals surface area (Å²) in [6.45, 7) is 7.40. The Kier molecular flexibility index (Phi) is 5.98. The third kappa shape index (κ3) is 4.55. The number of rotatable bonds is 4. The second-order valence-corrected chi connectivity index (χ2v) is 8.84. The SMILES string of the molecule is C=CC(F)(F)c1ccc2nc(C3=CN=C(N4CCCN(C5C=CC=CC5)CC4)CC3)[nH]c2c1. The molecule has 5 rings (SSSR count). The molecule has 1 saturated heterocycles. The van der Waals surface area contributed by atoms with E-state index in [1.807, 2.05) is 6.20 Å². The van der Waals surface area contributed by atoms with Gasteiger partial charge >= 0.3 is 0 Å². The summed E-state index contributed by atoms with van der Waals surface area (Å²) in [7, 11) is 0. The van der Waals surface area contributed by atoms with Gasteiger partial charge < -0.3 is 9.88 Å². The van der Waals surface area contributed by atoms with Crippen molar-refractivity contribution < 1.29 is 8.78 Å². The zero-order valence-electron chi connectivity index (χ0n) is 18.7. The molecule has 1 N–H and O–H groups in total. The van der Waals surface area contributed by atoms with Crippen molar-refractivity contribution in [3.63, 3.8) is 0 Å². The molecule has 2 aliphatic heterocycles. The van der Waals surface area contributed by atoms with Crippen LogP contribution in [0.1, 0.15) is 37.1 Å². The largest absolute Gasteiger partial charge is 0.359 e. The van der Waals surface area contributed by atoms with Crippen molar-refractivity contribution in [2.45, 2.75) is 37.6 Å². The fourth-order valence-electron chi connectivity index (χ4n) is 4.80. The number of halogens is 2. The number of H-pyrrole nitrogens is 1. The van der Waals surface area contributed by atoms with Crippen molar-refractivity contribution >= 4 is 22.4 Å². The van der Waals surface area contributed by atoms with E-state index in [9.17, 15) is 8.78 Å². The molecule has 5 nitrogen and oxygen atoms in total. The minimum atomic E-state index is -3.06. The van der Waals surface area contributed by atoms with E-state index in [1.165, 1.54) is 12.1 Å². The molecule has 0 radical (unpaired) electrons. The van der Waals surface area contributed by atoms with Gasteiger partial charge in [0.15, 0.2) is 0 Å². The first-order chi connectivity index (χ1) is 16.0. The number of hydrogen-bond acceptors (Lipinski definition) is 4. The molecule has 172 valence electrons. The highest BCUT2D eigenvalue weighted by atomic mass is 19.3. The van der Waals surface area contributed by atoms with Gasteiger partial charge in [-0.1, -0.05) is 36.9 Å². The molecular formula is C26H29F2N5. The first kappa shape index (κ1) is 21.8. The van der Waals surface area contributed by atoms with Gasteiger partial charge in [-0.25, -0.2) is 9.98 Å². The summed E-state index contributed by atoms with van der Waals surface area (Å²) in [5.74, 6) is -1.23. The van der Waals surface area contributed by atoms with E-state index < -0.39 is 5.92 Å². The van der Waals surface area contributed by atoms with E-state index in [1.54, 1.807) is 6.07 Å². The molecule has 7 heteroatoms. The summed E-state index contributed by atoms with van der Waals surface area (Å²) < 4.78 is 27.9. The molecule has 1 atom stereocenters. The van der Waals surface area contributed by atoms with Crippen LogP contribution in [0.15, 0.2) is 66.4 Å². The predicted molar refractivity (Wildman–Crippen MR) is 129 cm³/mol. The first-order valence-corrected chi connectivity index (χ1v) is 11.6. The van der Waals surface area contributed by atoms with E-state index in [2.05, 4.69) is 50.7 Å². The molecule has 3 heterocycles. The lowest BCUT2D eigenvalue weighted by molar-refractivity contribution is 0.0527. The van der Waals surface area contributed by atoms with Crippen LogP contribution in [0.2, 0.25) is 0 Å². The maximum absolute atomic E-state index is 14.0. The van der Waals surface area contributed by atoms with E-state index in [0.29, 0.717) is 29.0 Å². The molecule has 0 saturated carbocycles. The van der Waals surface area contributed by atoms with Crippen LogP contribution in [0.3, 0.4) is 0 Å². The number of allylic oxidation sites excluding steroid dienone is 4. The number of aromatic nitrogens is 2. The fraction of sp³-hybridized carbons (Fsp3) is 0.385. The Bertz CT molecular complexity index is 1160. The van der Waals surface area contributed by atoms with Gasteiger partial charge in [-0.2, -0.15) is 8.78 Å². The lowest BCUT2D eigenvalue weighted by Gasteiger charge is -2.29. The number of aromatic amines is 1. The topological polar surface area (TPSA) is 47.5 Å². The Morgan fingerprint density at radius 1 is 1.12 bits per heavy atom. The Hall–Kier alpha value is -3.06. The van der Waals surface area contributed by atoms with Gasteiger partial charge in [-0.15, -0.1) is 0 Å². The number of aliphatic imine (C=N–C) groups is 1. The van der Waals surface area contributed by atoms with Crippen molar-refractivity contribution in [2.75, 3.05) is 26.2 Å². The molecular weight excluding hydrogens is 420 g/mol. The monoisotopic (exact) mass is 449 g/mol. The Labute approximate surface area is 192 Å². The number of nitrogens with one attached hydrogen (secondary N) is 1. The summed E-state index contributed by atoms with van der Waals surface area (Å²) in [5, 5.41) is 0. The van der Waals surface area contributed by atoms with E-state index in [-0.39, 0.29) is 5.56 Å². The van der Waals surface area contributed by atoms with Crippen LogP contribution < -0.4 is 0 Å². The van der Waals surface area contributed by atoms with Gasteiger partial charge in [-0.3, -0.25) is 4.90 Å². The minimum absolute atomic E-state index is 0.0897. The van der Waals surface area contributed by atoms with Crippen LogP contribution in [0, 0.1) is 0 Å². The third-order valence-corrected chi connectivity index (χ3v) is 6.74. The van der Waals surface area contributed by atoms with Gasteiger partial charge in [0.2, 0.25) is 0 Å². The molecule has 3 aliphatic rings. The van der Waals surface area contributed by atoms with Gasteiger partial charge in [0.1, 0.15) is 11.7 Å². The first-order valence-electron chi connectivity index (χ1n) is 11.6. The number of imidazole rings is 1. The molecule has 33 heavy (non-hydrogen) atoms. The van der Waals surface area contributed by atoms with Gasteiger partial charge in [0.05, 0.1) is 11.0 Å². The normalized spacial score (nSPS) is 22.2. The summed E-state index contributed by atoms with van der Waals surface area (Å²) >= 11 is 0. The van der Waals surface area contributed by atoms with Gasteiger partial charge in [0, 0.05) is 56.0 Å². The molecule has 1 unspecified atom stereocenters. The van der Waals surface area contributed by atoms with Crippen LogP contribution in [-0.4, -0.2) is 57.8 Å². The van der Waals surface area contributed by atoms with Crippen molar-refractivity contribution in [1.29, 1.82) is 0 Å². The van der Waals surface area contributed by atoms with Crippen LogP contribution in [0.4, 0.5) is 8.78 Å². The highest BCUT2D eigenvalue weighted by Crippen LogP contribution is 2.32. The van der Waals surface area contributed by atoms with E-state index in [0.717, 1.165) is 63.3 Å². The Balaban J connectivity index is 1.28. The predicted octanol–water partition coefficient (Wildman–Crippen LogP) is 5.27. The molecule has 0 bridgehead atoms. The zero-order valence-corrected chi connectivity index (χ0v) is 18.7. The second-order valence-electron chi connectivity index (χ2n) is 8.84. The highest BCUT2D eigenvalue weighted by Gasteiger charge is 2.28. The summed E-state index contributed by atoms with van der Waals surface area (Å²) in [6.07, 6.45) is 15.3. The number of benzene rings is 1. The van der Waals surface area contributed by atoms with Crippen molar-refractivity contribution in [1.82, 2.24) is 19.8 Å². The second kappa shape index (κ2) is 9.06. The van der Waals surface area contributed by atoms with Crippen LogP contribution in [-0.2, 0) is 5.92 Å². The van der Waals surface area contributed by atoms with E-state index in [4.69, 9.17) is 4.99 Å². The van der Waals surface area contributed by atoms with Crippen molar-refractivity contribution in [3.8, 4) is 0 Å². The minimum Gasteiger partial charge on any atom is -0.359 e. The van der Waals surface area contributed by atoms with Crippen molar-refractivity contribution in [3.05, 3.63) is 72.7 Å². The quantitative estimate of drug-likeness (QED) is 0.647. The third-order valence-electron chi connectivity index (χ3n) is 6.74. The smallest absolute Gasteiger partial charge is 0.291 e. The van der Waals surface area contributed by atoms with Crippen LogP contribution in [0.25, 0.3) is 16.6 Å². The van der Waals surface area contributed by atoms with Crippen molar-refractivity contribution in [2.24, 2.45) is 4.99 Å². The van der Waals surface area contributed by atoms with E-state index >= 15 is 0 Å². The number of fused-ring (bicyclic) bond motifs is 1.